The van der Waals surface area contributed by atoms with E-state index in [1.807, 2.05) is 6.07 Å². The van der Waals surface area contributed by atoms with E-state index >= 15 is 0 Å². The summed E-state index contributed by atoms with van der Waals surface area (Å²) in [6.45, 7) is 1.05. The molecule has 0 spiro atoms. The lowest BCUT2D eigenvalue weighted by molar-refractivity contribution is -0.116. The number of amides is 1. The Morgan fingerprint density at radius 1 is 1.18 bits per heavy atom. The van der Waals surface area contributed by atoms with Gasteiger partial charge in [0.05, 0.1) is 24.0 Å². The molecule has 8 heteroatoms. The van der Waals surface area contributed by atoms with E-state index in [0.29, 0.717) is 30.9 Å². The summed E-state index contributed by atoms with van der Waals surface area (Å²) < 4.78 is 38.1. The number of furan rings is 1. The van der Waals surface area contributed by atoms with Crippen molar-refractivity contribution in [3.63, 3.8) is 0 Å². The fourth-order valence-corrected chi connectivity index (χ4v) is 4.82. The van der Waals surface area contributed by atoms with Crippen LogP contribution in [0.2, 0.25) is 0 Å². The summed E-state index contributed by atoms with van der Waals surface area (Å²) in [5, 5.41) is 2.76. The van der Waals surface area contributed by atoms with Gasteiger partial charge in [-0.25, -0.2) is 8.42 Å². The van der Waals surface area contributed by atoms with Crippen molar-refractivity contribution >= 4 is 21.6 Å². The van der Waals surface area contributed by atoms with Gasteiger partial charge in [-0.2, -0.15) is 4.31 Å². The molecule has 1 aromatic carbocycles. The molecule has 0 bridgehead atoms. The number of methoxy groups -OCH3 is 1. The van der Waals surface area contributed by atoms with Crippen molar-refractivity contribution in [2.75, 3.05) is 25.5 Å². The lowest BCUT2D eigenvalue weighted by Gasteiger charge is -2.21. The summed E-state index contributed by atoms with van der Waals surface area (Å²) in [6, 6.07) is 8.16. The van der Waals surface area contributed by atoms with Crippen LogP contribution in [-0.2, 0) is 21.2 Å². The largest absolute Gasteiger partial charge is 0.495 e. The average molecular weight is 407 g/mol. The Bertz CT molecular complexity index is 885. The summed E-state index contributed by atoms with van der Waals surface area (Å²) >= 11 is 0. The molecule has 2 aromatic rings. The van der Waals surface area contributed by atoms with E-state index in [0.717, 1.165) is 31.4 Å². The maximum atomic E-state index is 13.0. The molecule has 1 fully saturated rings. The number of hydrogen-bond acceptors (Lipinski definition) is 5. The van der Waals surface area contributed by atoms with E-state index in [2.05, 4.69) is 5.32 Å². The average Bonchev–Trinajstić information content (AvgIpc) is 3.05. The molecule has 1 aliphatic heterocycles. The van der Waals surface area contributed by atoms with Crippen LogP contribution in [-0.4, -0.2) is 38.8 Å². The van der Waals surface area contributed by atoms with Crippen LogP contribution in [0.3, 0.4) is 0 Å². The normalized spacial score (nSPS) is 15.8. The number of sulfonamides is 1. The third kappa shape index (κ3) is 4.94. The Labute approximate surface area is 165 Å². The molecule has 2 heterocycles. The first-order valence-corrected chi connectivity index (χ1v) is 10.9. The molecule has 0 atom stereocenters. The first-order chi connectivity index (χ1) is 13.5. The number of rotatable bonds is 7. The predicted molar refractivity (Wildman–Crippen MR) is 106 cm³/mol. The van der Waals surface area contributed by atoms with Gasteiger partial charge in [0.2, 0.25) is 15.9 Å². The van der Waals surface area contributed by atoms with Gasteiger partial charge in [0, 0.05) is 25.9 Å². The molecular formula is C20H26N2O5S. The smallest absolute Gasteiger partial charge is 0.243 e. The first kappa shape index (κ1) is 20.4. The second-order valence-electron chi connectivity index (χ2n) is 6.81. The lowest BCUT2D eigenvalue weighted by atomic mass is 10.2. The number of benzene rings is 1. The van der Waals surface area contributed by atoms with Crippen LogP contribution in [0.15, 0.2) is 45.9 Å². The first-order valence-electron chi connectivity index (χ1n) is 9.51. The molecule has 0 aliphatic carbocycles. The molecule has 0 unspecified atom stereocenters. The van der Waals surface area contributed by atoms with E-state index in [9.17, 15) is 13.2 Å². The Balaban J connectivity index is 1.76. The topological polar surface area (TPSA) is 88.9 Å². The minimum absolute atomic E-state index is 0.163. The second kappa shape index (κ2) is 9.25. The fourth-order valence-electron chi connectivity index (χ4n) is 3.28. The number of ether oxygens (including phenoxy) is 1. The second-order valence-corrected chi connectivity index (χ2v) is 8.75. The fraction of sp³-hybridized carbons (Fsp3) is 0.450. The van der Waals surface area contributed by atoms with Crippen molar-refractivity contribution < 1.29 is 22.4 Å². The van der Waals surface area contributed by atoms with Gasteiger partial charge in [-0.15, -0.1) is 0 Å². The van der Waals surface area contributed by atoms with Crippen LogP contribution in [0.5, 0.6) is 5.75 Å². The van der Waals surface area contributed by atoms with E-state index in [4.69, 9.17) is 9.15 Å². The van der Waals surface area contributed by atoms with Gasteiger partial charge in [-0.05, 0) is 43.2 Å². The Morgan fingerprint density at radius 2 is 1.93 bits per heavy atom. The van der Waals surface area contributed by atoms with E-state index in [1.54, 1.807) is 18.4 Å². The number of aryl methyl sites for hydroxylation is 1. The van der Waals surface area contributed by atoms with Crippen LogP contribution < -0.4 is 10.1 Å². The quantitative estimate of drug-likeness (QED) is 0.761. The van der Waals surface area contributed by atoms with Crippen molar-refractivity contribution in [1.82, 2.24) is 4.31 Å². The van der Waals surface area contributed by atoms with Crippen LogP contribution in [0, 0.1) is 0 Å². The highest BCUT2D eigenvalue weighted by Crippen LogP contribution is 2.30. The zero-order valence-corrected chi connectivity index (χ0v) is 16.8. The summed E-state index contributed by atoms with van der Waals surface area (Å²) in [6.07, 6.45) is 6.08. The number of nitrogens with zero attached hydrogens (tertiary/aromatic N) is 1. The zero-order chi connectivity index (χ0) is 20.0. The molecule has 1 amide bonds. The molecule has 1 saturated heterocycles. The van der Waals surface area contributed by atoms with Crippen LogP contribution in [0.25, 0.3) is 0 Å². The van der Waals surface area contributed by atoms with E-state index in [1.165, 1.54) is 23.5 Å². The molecule has 1 aromatic heterocycles. The maximum absolute atomic E-state index is 13.0. The van der Waals surface area contributed by atoms with Gasteiger partial charge >= 0.3 is 0 Å². The number of anilines is 1. The Morgan fingerprint density at radius 3 is 2.57 bits per heavy atom. The summed E-state index contributed by atoms with van der Waals surface area (Å²) in [5.41, 5.74) is 0.350. The standard InChI is InChI=1S/C20H26N2O5S/c1-26-19-10-9-17(28(24,25)22-12-4-2-3-5-13-22)15-18(19)21-20(23)11-8-16-7-6-14-27-16/h6-7,9-10,14-15H,2-5,8,11-13H2,1H3,(H,21,23). The minimum Gasteiger partial charge on any atom is -0.495 e. The van der Waals surface area contributed by atoms with Crippen molar-refractivity contribution in [2.45, 2.75) is 43.4 Å². The summed E-state index contributed by atoms with van der Waals surface area (Å²) in [5.74, 6) is 0.903. The maximum Gasteiger partial charge on any atom is 0.243 e. The number of carbonyl (C=O) groups is 1. The summed E-state index contributed by atoms with van der Waals surface area (Å²) in [7, 11) is -2.12. The van der Waals surface area contributed by atoms with Crippen molar-refractivity contribution in [3.05, 3.63) is 42.4 Å². The van der Waals surface area contributed by atoms with Gasteiger partial charge in [0.25, 0.3) is 0 Å². The minimum atomic E-state index is -3.60. The highest BCUT2D eigenvalue weighted by Gasteiger charge is 2.26. The molecule has 0 saturated carbocycles. The molecule has 3 rings (SSSR count). The van der Waals surface area contributed by atoms with Gasteiger partial charge in [-0.3, -0.25) is 4.79 Å². The van der Waals surface area contributed by atoms with E-state index in [-0.39, 0.29) is 17.2 Å². The van der Waals surface area contributed by atoms with Gasteiger partial charge in [0.1, 0.15) is 11.5 Å². The third-order valence-electron chi connectivity index (χ3n) is 4.83. The number of carbonyl (C=O) groups excluding carboxylic acids is 1. The predicted octanol–water partition coefficient (Wildman–Crippen LogP) is 3.42. The van der Waals surface area contributed by atoms with Gasteiger partial charge < -0.3 is 14.5 Å². The Hall–Kier alpha value is -2.32. The zero-order valence-electron chi connectivity index (χ0n) is 16.0. The third-order valence-corrected chi connectivity index (χ3v) is 6.72. The van der Waals surface area contributed by atoms with Gasteiger partial charge in [0.15, 0.2) is 0 Å². The number of hydrogen-bond donors (Lipinski definition) is 1. The summed E-state index contributed by atoms with van der Waals surface area (Å²) in [4.78, 5) is 12.5. The molecule has 1 aliphatic rings. The number of nitrogens with one attached hydrogen (secondary N) is 1. The highest BCUT2D eigenvalue weighted by molar-refractivity contribution is 7.89. The molecule has 7 nitrogen and oxygen atoms in total. The lowest BCUT2D eigenvalue weighted by Crippen LogP contribution is -2.32. The van der Waals surface area contributed by atoms with Crippen molar-refractivity contribution in [3.8, 4) is 5.75 Å². The van der Waals surface area contributed by atoms with Crippen LogP contribution >= 0.6 is 0 Å². The SMILES string of the molecule is COc1ccc(S(=O)(=O)N2CCCCCC2)cc1NC(=O)CCc1ccco1. The van der Waals surface area contributed by atoms with E-state index < -0.39 is 10.0 Å². The molecule has 28 heavy (non-hydrogen) atoms. The van der Waals surface area contributed by atoms with Crippen LogP contribution in [0.1, 0.15) is 37.9 Å². The van der Waals surface area contributed by atoms with Crippen molar-refractivity contribution in [1.29, 1.82) is 0 Å². The Kier molecular flexibility index (Phi) is 6.74. The molecule has 0 radical (unpaired) electrons. The molecule has 152 valence electrons. The molecule has 1 N–H and O–H groups in total. The van der Waals surface area contributed by atoms with Crippen LogP contribution in [0.4, 0.5) is 5.69 Å². The molecular weight excluding hydrogens is 380 g/mol. The van der Waals surface area contributed by atoms with Crippen molar-refractivity contribution in [2.24, 2.45) is 0 Å². The highest BCUT2D eigenvalue weighted by atomic mass is 32.2. The monoisotopic (exact) mass is 406 g/mol. The van der Waals surface area contributed by atoms with Gasteiger partial charge in [-0.1, -0.05) is 12.8 Å².